The molecule has 3 aliphatic heterocycles. The van der Waals surface area contributed by atoms with Gasteiger partial charge < -0.3 is 14.7 Å². The van der Waals surface area contributed by atoms with Gasteiger partial charge in [0, 0.05) is 44.8 Å². The van der Waals surface area contributed by atoms with Crippen LogP contribution in [0.1, 0.15) is 24.8 Å². The lowest BCUT2D eigenvalue weighted by atomic mass is 10.1. The van der Waals surface area contributed by atoms with Gasteiger partial charge in [-0.1, -0.05) is 12.1 Å². The standard InChI is InChI=1S/C19H25N5O4S/c25-17(14-20-18-15-6-2-3-7-16(15)29(27,28)21-18)22-10-12-24(13-11-22)19(26)23-8-4-1-5-9-23/h2-3,6-7H,1,4-5,8-14H2,(H,20,21). The van der Waals surface area contributed by atoms with E-state index in [0.29, 0.717) is 31.7 Å². The SMILES string of the molecule is O=C(CN=C1NS(=O)(=O)c2ccccc21)N1CCN(C(=O)N2CCCCC2)CC1. The van der Waals surface area contributed by atoms with Crippen LogP contribution in [0.4, 0.5) is 4.79 Å². The first-order valence-electron chi connectivity index (χ1n) is 9.94. The number of piperazine rings is 1. The second-order valence-corrected chi connectivity index (χ2v) is 9.12. The molecule has 0 aliphatic carbocycles. The molecule has 3 aliphatic rings. The summed E-state index contributed by atoms with van der Waals surface area (Å²) >= 11 is 0. The summed E-state index contributed by atoms with van der Waals surface area (Å²) in [5.41, 5.74) is 0.484. The maximum absolute atomic E-state index is 12.6. The number of nitrogens with zero attached hydrogens (tertiary/aromatic N) is 4. The number of carbonyl (C=O) groups is 2. The highest BCUT2D eigenvalue weighted by atomic mass is 32.2. The minimum absolute atomic E-state index is 0.0639. The first-order chi connectivity index (χ1) is 14.0. The van der Waals surface area contributed by atoms with Gasteiger partial charge >= 0.3 is 6.03 Å². The number of rotatable bonds is 2. The lowest BCUT2D eigenvalue weighted by molar-refractivity contribution is -0.131. The molecule has 0 spiro atoms. The van der Waals surface area contributed by atoms with E-state index in [1.165, 1.54) is 12.5 Å². The Bertz CT molecular complexity index is 932. The summed E-state index contributed by atoms with van der Waals surface area (Å²) in [6.45, 7) is 3.43. The van der Waals surface area contributed by atoms with Gasteiger partial charge in [-0.25, -0.2) is 13.2 Å². The number of hydrogen-bond acceptors (Lipinski definition) is 5. The Balaban J connectivity index is 1.33. The Morgan fingerprint density at radius 1 is 0.897 bits per heavy atom. The average molecular weight is 420 g/mol. The summed E-state index contributed by atoms with van der Waals surface area (Å²) in [6.07, 6.45) is 3.28. The topological polar surface area (TPSA) is 102 Å². The number of nitrogens with one attached hydrogen (secondary N) is 1. The van der Waals surface area contributed by atoms with Gasteiger partial charge in [-0.15, -0.1) is 0 Å². The number of amides is 3. The van der Waals surface area contributed by atoms with Crippen molar-refractivity contribution in [2.45, 2.75) is 24.2 Å². The molecule has 3 amide bonds. The third kappa shape index (κ3) is 4.07. The molecular weight excluding hydrogens is 394 g/mol. The molecule has 4 rings (SSSR count). The maximum atomic E-state index is 12.6. The van der Waals surface area contributed by atoms with Gasteiger partial charge in [0.1, 0.15) is 12.4 Å². The van der Waals surface area contributed by atoms with Gasteiger partial charge in [0.05, 0.1) is 4.90 Å². The molecule has 3 heterocycles. The fourth-order valence-electron chi connectivity index (χ4n) is 3.93. The molecule has 0 atom stereocenters. The number of hydrogen-bond donors (Lipinski definition) is 1. The molecule has 0 bridgehead atoms. The lowest BCUT2D eigenvalue weighted by Gasteiger charge is -2.38. The van der Waals surface area contributed by atoms with E-state index in [9.17, 15) is 18.0 Å². The zero-order valence-electron chi connectivity index (χ0n) is 16.2. The van der Waals surface area contributed by atoms with Gasteiger partial charge in [0.25, 0.3) is 10.0 Å². The Hall–Kier alpha value is -2.62. The normalized spacial score (nSPS) is 22.3. The van der Waals surface area contributed by atoms with Crippen LogP contribution in [0.3, 0.4) is 0 Å². The molecule has 0 saturated carbocycles. The predicted octanol–water partition coefficient (Wildman–Crippen LogP) is 0.475. The van der Waals surface area contributed by atoms with Crippen molar-refractivity contribution in [1.82, 2.24) is 19.4 Å². The van der Waals surface area contributed by atoms with Crippen molar-refractivity contribution in [1.29, 1.82) is 0 Å². The Morgan fingerprint density at radius 2 is 1.52 bits per heavy atom. The average Bonchev–Trinajstić information content (AvgIpc) is 3.02. The third-order valence-electron chi connectivity index (χ3n) is 5.56. The van der Waals surface area contributed by atoms with Crippen molar-refractivity contribution >= 4 is 27.8 Å². The van der Waals surface area contributed by atoms with Crippen molar-refractivity contribution in [2.75, 3.05) is 45.8 Å². The van der Waals surface area contributed by atoms with Crippen LogP contribution in [0.2, 0.25) is 0 Å². The minimum atomic E-state index is -3.61. The fraction of sp³-hybridized carbons (Fsp3) is 0.526. The van der Waals surface area contributed by atoms with E-state index in [1.54, 1.807) is 23.1 Å². The number of carbonyl (C=O) groups excluding carboxylic acids is 2. The first-order valence-corrected chi connectivity index (χ1v) is 11.4. The molecular formula is C19H25N5O4S. The van der Waals surface area contributed by atoms with Crippen molar-refractivity contribution in [3.05, 3.63) is 29.8 Å². The highest BCUT2D eigenvalue weighted by Crippen LogP contribution is 2.22. The van der Waals surface area contributed by atoms with Crippen LogP contribution < -0.4 is 4.72 Å². The minimum Gasteiger partial charge on any atom is -0.338 e. The van der Waals surface area contributed by atoms with Crippen LogP contribution in [0, 0.1) is 0 Å². The number of aliphatic imine (C=N–C) groups is 1. The Morgan fingerprint density at radius 3 is 2.24 bits per heavy atom. The van der Waals surface area contributed by atoms with Gasteiger partial charge in [0.2, 0.25) is 5.91 Å². The van der Waals surface area contributed by atoms with E-state index in [2.05, 4.69) is 9.71 Å². The number of benzene rings is 1. The van der Waals surface area contributed by atoms with Crippen molar-refractivity contribution in [3.8, 4) is 0 Å². The van der Waals surface area contributed by atoms with Crippen LogP contribution in [-0.2, 0) is 14.8 Å². The zero-order valence-corrected chi connectivity index (χ0v) is 17.0. The molecule has 2 fully saturated rings. The maximum Gasteiger partial charge on any atom is 0.320 e. The van der Waals surface area contributed by atoms with Gasteiger partial charge in [-0.3, -0.25) is 14.5 Å². The molecule has 156 valence electrons. The number of urea groups is 1. The number of likely N-dealkylation sites (tertiary alicyclic amines) is 1. The number of sulfonamides is 1. The lowest BCUT2D eigenvalue weighted by Crippen LogP contribution is -2.55. The molecule has 1 aromatic rings. The van der Waals surface area contributed by atoms with E-state index >= 15 is 0 Å². The van der Waals surface area contributed by atoms with Crippen molar-refractivity contribution in [3.63, 3.8) is 0 Å². The number of amidine groups is 1. The summed E-state index contributed by atoms with van der Waals surface area (Å²) in [6, 6.07) is 6.63. The molecule has 10 heteroatoms. The quantitative estimate of drug-likeness (QED) is 0.753. The van der Waals surface area contributed by atoms with Crippen LogP contribution in [0.25, 0.3) is 0 Å². The highest BCUT2D eigenvalue weighted by Gasteiger charge is 2.31. The Kier molecular flexibility index (Phi) is 5.44. The predicted molar refractivity (Wildman–Crippen MR) is 107 cm³/mol. The molecule has 0 aromatic heterocycles. The van der Waals surface area contributed by atoms with Gasteiger partial charge in [-0.05, 0) is 31.4 Å². The first kappa shape index (κ1) is 19.7. The molecule has 29 heavy (non-hydrogen) atoms. The monoisotopic (exact) mass is 419 g/mol. The molecule has 9 nitrogen and oxygen atoms in total. The van der Waals surface area contributed by atoms with E-state index in [0.717, 1.165) is 25.9 Å². The van der Waals surface area contributed by atoms with E-state index in [1.807, 2.05) is 9.80 Å². The van der Waals surface area contributed by atoms with Crippen LogP contribution in [0.5, 0.6) is 0 Å². The number of fused-ring (bicyclic) bond motifs is 1. The van der Waals surface area contributed by atoms with Gasteiger partial charge in [0.15, 0.2) is 0 Å². The summed E-state index contributed by atoms with van der Waals surface area (Å²) < 4.78 is 26.6. The Labute approximate surface area is 170 Å². The molecule has 2 saturated heterocycles. The van der Waals surface area contributed by atoms with Crippen LogP contribution >= 0.6 is 0 Å². The van der Waals surface area contributed by atoms with E-state index < -0.39 is 10.0 Å². The molecule has 1 N–H and O–H groups in total. The second kappa shape index (κ2) is 8.02. The second-order valence-electron chi connectivity index (χ2n) is 7.46. The molecule has 1 aromatic carbocycles. The largest absolute Gasteiger partial charge is 0.338 e. The summed E-state index contributed by atoms with van der Waals surface area (Å²) in [5, 5.41) is 0. The zero-order chi connectivity index (χ0) is 20.4. The van der Waals surface area contributed by atoms with Crippen molar-refractivity contribution < 1.29 is 18.0 Å². The summed E-state index contributed by atoms with van der Waals surface area (Å²) in [5.74, 6) is 0.0269. The fourth-order valence-corrected chi connectivity index (χ4v) is 5.18. The van der Waals surface area contributed by atoms with Crippen LogP contribution in [-0.4, -0.2) is 86.7 Å². The van der Waals surface area contributed by atoms with Gasteiger partial charge in [-0.2, -0.15) is 0 Å². The van der Waals surface area contributed by atoms with Crippen LogP contribution in [0.15, 0.2) is 34.2 Å². The summed E-state index contributed by atoms with van der Waals surface area (Å²) in [7, 11) is -3.61. The molecule has 0 unspecified atom stereocenters. The third-order valence-corrected chi connectivity index (χ3v) is 6.96. The smallest absolute Gasteiger partial charge is 0.320 e. The number of piperidine rings is 1. The van der Waals surface area contributed by atoms with E-state index in [-0.39, 0.29) is 29.2 Å². The van der Waals surface area contributed by atoms with E-state index in [4.69, 9.17) is 0 Å². The van der Waals surface area contributed by atoms with Crippen molar-refractivity contribution in [2.24, 2.45) is 4.99 Å². The molecule has 0 radical (unpaired) electrons. The summed E-state index contributed by atoms with van der Waals surface area (Å²) in [4.78, 5) is 34.9. The highest BCUT2D eigenvalue weighted by molar-refractivity contribution is 7.90.